The van der Waals surface area contributed by atoms with E-state index in [-0.39, 0.29) is 0 Å². The van der Waals surface area contributed by atoms with Gasteiger partial charge in [0.25, 0.3) is 0 Å². The summed E-state index contributed by atoms with van der Waals surface area (Å²) in [5, 5.41) is 6.78. The standard InChI is InChI=1S/C13H25F3N4S/c1-3-17-12(19-9-11-5-4-8-21-11)18-6-7-20(2)10-13(14,15)16/h11H,3-10H2,1-2H3,(H2,17,18,19). The van der Waals surface area contributed by atoms with Gasteiger partial charge < -0.3 is 10.6 Å². The summed E-state index contributed by atoms with van der Waals surface area (Å²) in [4.78, 5) is 5.75. The Labute approximate surface area is 128 Å². The van der Waals surface area contributed by atoms with Gasteiger partial charge in [0.2, 0.25) is 0 Å². The molecule has 0 spiro atoms. The molecule has 0 bridgehead atoms. The van der Waals surface area contributed by atoms with Crippen LogP contribution in [0.2, 0.25) is 0 Å². The molecule has 1 rings (SSSR count). The van der Waals surface area contributed by atoms with E-state index < -0.39 is 12.7 Å². The Bertz CT molecular complexity index is 317. The van der Waals surface area contributed by atoms with Crippen molar-refractivity contribution in [2.45, 2.75) is 31.2 Å². The molecular formula is C13H25F3N4S. The second-order valence-electron chi connectivity index (χ2n) is 5.13. The molecule has 124 valence electrons. The fourth-order valence-electron chi connectivity index (χ4n) is 2.07. The quantitative estimate of drug-likeness (QED) is 0.554. The first-order chi connectivity index (χ1) is 9.90. The lowest BCUT2D eigenvalue weighted by molar-refractivity contribution is -0.142. The predicted octanol–water partition coefficient (Wildman–Crippen LogP) is 1.93. The van der Waals surface area contributed by atoms with Crippen LogP contribution in [0.15, 0.2) is 4.99 Å². The van der Waals surface area contributed by atoms with Crippen molar-refractivity contribution in [3.05, 3.63) is 0 Å². The average molecular weight is 326 g/mol. The Hall–Kier alpha value is -0.630. The first kappa shape index (κ1) is 18.4. The molecule has 1 saturated heterocycles. The molecule has 0 aromatic carbocycles. The Balaban J connectivity index is 2.28. The van der Waals surface area contributed by atoms with Crippen molar-refractivity contribution < 1.29 is 13.2 Å². The zero-order valence-electron chi connectivity index (χ0n) is 12.7. The number of nitrogens with one attached hydrogen (secondary N) is 2. The second-order valence-corrected chi connectivity index (χ2v) is 6.54. The summed E-state index contributed by atoms with van der Waals surface area (Å²) >= 11 is 1.94. The number of likely N-dealkylation sites (N-methyl/N-ethyl adjacent to an activating group) is 1. The summed E-state index contributed by atoms with van der Waals surface area (Å²) in [5.74, 6) is 1.89. The summed E-state index contributed by atoms with van der Waals surface area (Å²) in [6.07, 6.45) is -1.70. The third-order valence-electron chi connectivity index (χ3n) is 3.06. The zero-order chi connectivity index (χ0) is 15.7. The van der Waals surface area contributed by atoms with E-state index in [9.17, 15) is 13.2 Å². The van der Waals surface area contributed by atoms with Crippen molar-refractivity contribution in [3.8, 4) is 0 Å². The number of thioether (sulfide) groups is 1. The van der Waals surface area contributed by atoms with Gasteiger partial charge in [-0.15, -0.1) is 0 Å². The number of aliphatic imine (C=N–C) groups is 1. The highest BCUT2D eigenvalue weighted by Gasteiger charge is 2.28. The number of guanidine groups is 1. The van der Waals surface area contributed by atoms with Crippen molar-refractivity contribution in [1.29, 1.82) is 0 Å². The van der Waals surface area contributed by atoms with Crippen LogP contribution in [-0.2, 0) is 0 Å². The van der Waals surface area contributed by atoms with E-state index in [1.54, 1.807) is 0 Å². The van der Waals surface area contributed by atoms with E-state index >= 15 is 0 Å². The lowest BCUT2D eigenvalue weighted by Crippen LogP contribution is -2.42. The Kier molecular flexibility index (Phi) is 8.24. The van der Waals surface area contributed by atoms with E-state index in [1.807, 2.05) is 18.7 Å². The SMILES string of the molecule is CCNC(=NCC1CCCS1)NCCN(C)CC(F)(F)F. The molecule has 0 aliphatic carbocycles. The third kappa shape index (κ3) is 9.08. The normalized spacial score (nSPS) is 20.1. The fourth-order valence-corrected chi connectivity index (χ4v) is 3.25. The lowest BCUT2D eigenvalue weighted by atomic mass is 10.2. The minimum absolute atomic E-state index is 0.322. The second kappa shape index (κ2) is 9.40. The smallest absolute Gasteiger partial charge is 0.357 e. The fraction of sp³-hybridized carbons (Fsp3) is 0.923. The summed E-state index contributed by atoms with van der Waals surface area (Å²) in [6.45, 7) is 3.34. The molecule has 1 fully saturated rings. The molecule has 0 saturated carbocycles. The molecule has 1 aliphatic rings. The number of hydrogen-bond donors (Lipinski definition) is 2. The third-order valence-corrected chi connectivity index (χ3v) is 4.44. The number of nitrogens with zero attached hydrogens (tertiary/aromatic N) is 2. The van der Waals surface area contributed by atoms with Crippen molar-refractivity contribution in [3.63, 3.8) is 0 Å². The zero-order valence-corrected chi connectivity index (χ0v) is 13.5. The molecule has 2 N–H and O–H groups in total. The van der Waals surface area contributed by atoms with Gasteiger partial charge in [0.05, 0.1) is 13.1 Å². The Morgan fingerprint density at radius 2 is 2.14 bits per heavy atom. The first-order valence-corrected chi connectivity index (χ1v) is 8.34. The summed E-state index contributed by atoms with van der Waals surface area (Å²) < 4.78 is 36.6. The van der Waals surface area contributed by atoms with Crippen LogP contribution in [0.5, 0.6) is 0 Å². The molecular weight excluding hydrogens is 301 g/mol. The van der Waals surface area contributed by atoms with Crippen LogP contribution in [0.25, 0.3) is 0 Å². The molecule has 0 amide bonds. The minimum Gasteiger partial charge on any atom is -0.357 e. The van der Waals surface area contributed by atoms with E-state index in [4.69, 9.17) is 0 Å². The highest BCUT2D eigenvalue weighted by Crippen LogP contribution is 2.25. The molecule has 1 aliphatic heterocycles. The van der Waals surface area contributed by atoms with Crippen LogP contribution in [-0.4, -0.2) is 67.8 Å². The van der Waals surface area contributed by atoms with Crippen LogP contribution in [0.4, 0.5) is 13.2 Å². The van der Waals surface area contributed by atoms with Gasteiger partial charge in [-0.05, 0) is 32.6 Å². The number of rotatable bonds is 7. The average Bonchev–Trinajstić information content (AvgIpc) is 2.86. The molecule has 8 heteroatoms. The van der Waals surface area contributed by atoms with E-state index in [1.165, 1.54) is 30.5 Å². The first-order valence-electron chi connectivity index (χ1n) is 7.30. The summed E-state index contributed by atoms with van der Waals surface area (Å²) in [5.41, 5.74) is 0. The van der Waals surface area contributed by atoms with Crippen LogP contribution < -0.4 is 10.6 Å². The minimum atomic E-state index is -4.15. The topological polar surface area (TPSA) is 39.7 Å². The molecule has 0 aromatic rings. The monoisotopic (exact) mass is 326 g/mol. The summed E-state index contributed by atoms with van der Waals surface area (Å²) in [6, 6.07) is 0. The molecule has 1 atom stereocenters. The van der Waals surface area contributed by atoms with Gasteiger partial charge in [-0.2, -0.15) is 24.9 Å². The van der Waals surface area contributed by atoms with Gasteiger partial charge >= 0.3 is 6.18 Å². The van der Waals surface area contributed by atoms with E-state index in [0.29, 0.717) is 24.3 Å². The van der Waals surface area contributed by atoms with Gasteiger partial charge in [0.15, 0.2) is 5.96 Å². The van der Waals surface area contributed by atoms with Crippen LogP contribution in [0.1, 0.15) is 19.8 Å². The highest BCUT2D eigenvalue weighted by atomic mass is 32.2. The molecule has 4 nitrogen and oxygen atoms in total. The van der Waals surface area contributed by atoms with Gasteiger partial charge in [-0.3, -0.25) is 9.89 Å². The van der Waals surface area contributed by atoms with Gasteiger partial charge in [0.1, 0.15) is 0 Å². The number of hydrogen-bond acceptors (Lipinski definition) is 3. The van der Waals surface area contributed by atoms with Crippen molar-refractivity contribution in [2.24, 2.45) is 4.99 Å². The Morgan fingerprint density at radius 3 is 2.71 bits per heavy atom. The van der Waals surface area contributed by atoms with Gasteiger partial charge in [-0.1, -0.05) is 0 Å². The molecule has 0 radical (unpaired) electrons. The van der Waals surface area contributed by atoms with Gasteiger partial charge in [0, 0.05) is 24.9 Å². The lowest BCUT2D eigenvalue weighted by Gasteiger charge is -2.19. The molecule has 21 heavy (non-hydrogen) atoms. The van der Waals surface area contributed by atoms with E-state index in [0.717, 1.165) is 13.1 Å². The Morgan fingerprint density at radius 1 is 1.38 bits per heavy atom. The van der Waals surface area contributed by atoms with Crippen molar-refractivity contribution in [2.75, 3.05) is 45.5 Å². The largest absolute Gasteiger partial charge is 0.401 e. The van der Waals surface area contributed by atoms with Gasteiger partial charge in [-0.25, -0.2) is 0 Å². The summed E-state index contributed by atoms with van der Waals surface area (Å²) in [7, 11) is 1.47. The highest BCUT2D eigenvalue weighted by molar-refractivity contribution is 8.00. The van der Waals surface area contributed by atoms with Crippen LogP contribution in [0, 0.1) is 0 Å². The number of halogens is 3. The van der Waals surface area contributed by atoms with E-state index in [2.05, 4.69) is 15.6 Å². The van der Waals surface area contributed by atoms with Crippen molar-refractivity contribution in [1.82, 2.24) is 15.5 Å². The molecule has 0 aromatic heterocycles. The maximum Gasteiger partial charge on any atom is 0.401 e. The number of alkyl halides is 3. The maximum atomic E-state index is 12.2. The van der Waals surface area contributed by atoms with Crippen LogP contribution in [0.3, 0.4) is 0 Å². The molecule has 1 heterocycles. The van der Waals surface area contributed by atoms with Crippen LogP contribution >= 0.6 is 11.8 Å². The molecule has 1 unspecified atom stereocenters. The maximum absolute atomic E-state index is 12.2. The van der Waals surface area contributed by atoms with Crippen molar-refractivity contribution >= 4 is 17.7 Å². The predicted molar refractivity (Wildman–Crippen MR) is 83.0 cm³/mol.